The van der Waals surface area contributed by atoms with Crippen molar-refractivity contribution in [1.29, 1.82) is 0 Å². The summed E-state index contributed by atoms with van der Waals surface area (Å²) >= 11 is 0. The fourth-order valence-corrected chi connectivity index (χ4v) is 5.25. The standard InChI is InChI=1S/C27H40FN5O3.C3H4O2.CO2/c1-18(2)17-32(21-14-20(15-29-16-21)26(34)19-11-12-19)27(35)25-24(10-6-7-13-36-3)33(31-30-25)23-9-5-4-8-22(23)28;1-2-3(4)5;2-1-3/h4-5,8-9,18-21,26,29,34H,6-7,10-17H2,1-3H3;2H,1H2,(H,4,5);/t20-,21+,26?;;/m1../s1. The van der Waals surface area contributed by atoms with Crippen LogP contribution in [-0.2, 0) is 25.5 Å². The zero-order valence-corrected chi connectivity index (χ0v) is 25.7. The Morgan fingerprint density at radius 1 is 1.23 bits per heavy atom. The molecule has 4 rings (SSSR count). The van der Waals surface area contributed by atoms with Crippen LogP contribution in [0.4, 0.5) is 4.39 Å². The molecule has 44 heavy (non-hydrogen) atoms. The Hall–Kier alpha value is -3.77. The number of hydrogen-bond donors (Lipinski definition) is 3. The molecule has 0 spiro atoms. The molecule has 1 aromatic heterocycles. The summed E-state index contributed by atoms with van der Waals surface area (Å²) in [7, 11) is 1.66. The summed E-state index contributed by atoms with van der Waals surface area (Å²) in [5, 5.41) is 30.4. The summed E-state index contributed by atoms with van der Waals surface area (Å²) in [6.07, 6.45) is 5.80. The van der Waals surface area contributed by atoms with Gasteiger partial charge in [-0.15, -0.1) is 5.10 Å². The number of hydrogen-bond acceptors (Lipinski definition) is 9. The lowest BCUT2D eigenvalue weighted by Crippen LogP contribution is -2.54. The Kier molecular flexibility index (Phi) is 15.6. The number of aliphatic carboxylic acids is 1. The number of ether oxygens (including phenoxy) is 1. The van der Waals surface area contributed by atoms with Crippen molar-refractivity contribution in [3.05, 3.63) is 54.1 Å². The summed E-state index contributed by atoms with van der Waals surface area (Å²) in [6.45, 7) is 9.78. The predicted octanol–water partition coefficient (Wildman–Crippen LogP) is 2.90. The molecule has 0 radical (unpaired) electrons. The summed E-state index contributed by atoms with van der Waals surface area (Å²) in [6, 6.07) is 6.37. The second-order valence-electron chi connectivity index (χ2n) is 11.3. The quantitative estimate of drug-likeness (QED) is 0.225. The van der Waals surface area contributed by atoms with Crippen molar-refractivity contribution in [2.75, 3.05) is 33.4 Å². The summed E-state index contributed by atoms with van der Waals surface area (Å²) < 4.78 is 21.3. The van der Waals surface area contributed by atoms with E-state index in [9.17, 15) is 19.1 Å². The molecule has 2 aromatic rings. The number of nitrogens with one attached hydrogen (secondary N) is 1. The molecule has 2 heterocycles. The van der Waals surface area contributed by atoms with Crippen LogP contribution in [0.25, 0.3) is 5.69 Å². The Bertz CT molecular complexity index is 1240. The van der Waals surface area contributed by atoms with Gasteiger partial charge in [0, 0.05) is 45.5 Å². The number of carbonyl (C=O) groups is 2. The molecule has 1 unspecified atom stereocenters. The van der Waals surface area contributed by atoms with Gasteiger partial charge in [0.15, 0.2) is 5.69 Å². The maximum Gasteiger partial charge on any atom is 0.373 e. The normalized spacial score (nSPS) is 18.1. The van der Waals surface area contributed by atoms with Crippen LogP contribution in [0, 0.1) is 23.6 Å². The minimum atomic E-state index is -0.981. The van der Waals surface area contributed by atoms with Crippen molar-refractivity contribution in [3.8, 4) is 5.69 Å². The van der Waals surface area contributed by atoms with Crippen molar-refractivity contribution in [2.24, 2.45) is 17.8 Å². The van der Waals surface area contributed by atoms with Crippen LogP contribution in [0.1, 0.15) is 62.1 Å². The van der Waals surface area contributed by atoms with Gasteiger partial charge in [-0.1, -0.05) is 37.8 Å². The number of piperidine rings is 1. The lowest BCUT2D eigenvalue weighted by atomic mass is 9.87. The molecule has 2 fully saturated rings. The van der Waals surface area contributed by atoms with Gasteiger partial charge in [0.1, 0.15) is 11.5 Å². The molecule has 12 nitrogen and oxygen atoms in total. The van der Waals surface area contributed by atoms with Crippen molar-refractivity contribution >= 4 is 18.0 Å². The average molecular weight is 618 g/mol. The van der Waals surface area contributed by atoms with Gasteiger partial charge in [0.2, 0.25) is 0 Å². The van der Waals surface area contributed by atoms with Gasteiger partial charge in [-0.3, -0.25) is 4.79 Å². The molecule has 1 saturated heterocycles. The van der Waals surface area contributed by atoms with E-state index in [4.69, 9.17) is 19.4 Å². The van der Waals surface area contributed by atoms with Crippen LogP contribution in [0.15, 0.2) is 36.9 Å². The van der Waals surface area contributed by atoms with E-state index in [0.717, 1.165) is 44.7 Å². The molecule has 242 valence electrons. The van der Waals surface area contributed by atoms with Crippen LogP contribution in [0.3, 0.4) is 0 Å². The van der Waals surface area contributed by atoms with Crippen molar-refractivity contribution in [3.63, 3.8) is 0 Å². The van der Waals surface area contributed by atoms with Crippen LogP contribution in [-0.4, -0.2) is 93.6 Å². The van der Waals surface area contributed by atoms with Crippen LogP contribution >= 0.6 is 0 Å². The van der Waals surface area contributed by atoms with Gasteiger partial charge in [-0.05, 0) is 68.4 Å². The Morgan fingerprint density at radius 2 is 1.89 bits per heavy atom. The molecular weight excluding hydrogens is 573 g/mol. The number of aliphatic hydroxyl groups is 1. The number of benzene rings is 1. The van der Waals surface area contributed by atoms with E-state index in [0.29, 0.717) is 37.7 Å². The van der Waals surface area contributed by atoms with Gasteiger partial charge < -0.3 is 25.2 Å². The fraction of sp³-hybridized carbons (Fsp3) is 0.581. The first kappa shape index (κ1) is 36.4. The van der Waals surface area contributed by atoms with Crippen LogP contribution in [0.5, 0.6) is 0 Å². The van der Waals surface area contributed by atoms with Gasteiger partial charge >= 0.3 is 12.1 Å². The maximum atomic E-state index is 14.7. The number of carboxylic acids is 1. The Morgan fingerprint density at radius 3 is 2.45 bits per heavy atom. The second kappa shape index (κ2) is 18.8. The summed E-state index contributed by atoms with van der Waals surface area (Å²) in [4.78, 5) is 41.4. The van der Waals surface area contributed by atoms with E-state index in [1.807, 2.05) is 4.90 Å². The highest BCUT2D eigenvalue weighted by Gasteiger charge is 2.40. The van der Waals surface area contributed by atoms with E-state index in [1.165, 1.54) is 10.7 Å². The van der Waals surface area contributed by atoms with Gasteiger partial charge in [-0.2, -0.15) is 9.59 Å². The molecule has 1 aliphatic heterocycles. The molecule has 0 bridgehead atoms. The first-order valence-electron chi connectivity index (χ1n) is 14.8. The molecule has 1 aliphatic carbocycles. The number of nitrogens with zero attached hydrogens (tertiary/aromatic N) is 4. The number of amides is 1. The van der Waals surface area contributed by atoms with Crippen LogP contribution < -0.4 is 5.32 Å². The van der Waals surface area contributed by atoms with E-state index in [1.54, 1.807) is 25.3 Å². The molecular formula is C31H44FN5O7. The number of unbranched alkanes of at least 4 members (excludes halogenated alkanes) is 1. The maximum absolute atomic E-state index is 14.7. The highest BCUT2D eigenvalue weighted by molar-refractivity contribution is 5.93. The van der Waals surface area contributed by atoms with Gasteiger partial charge in [-0.25, -0.2) is 13.9 Å². The number of aliphatic hydroxyl groups excluding tert-OH is 1. The number of halogens is 1. The minimum Gasteiger partial charge on any atom is -0.478 e. The van der Waals surface area contributed by atoms with E-state index in [2.05, 4.69) is 36.1 Å². The third kappa shape index (κ3) is 11.1. The molecule has 3 N–H and O–H groups in total. The van der Waals surface area contributed by atoms with Crippen molar-refractivity contribution in [2.45, 2.75) is 64.5 Å². The number of carbonyl (C=O) groups excluding carboxylic acids is 3. The predicted molar refractivity (Wildman–Crippen MR) is 158 cm³/mol. The van der Waals surface area contributed by atoms with E-state index < -0.39 is 11.8 Å². The summed E-state index contributed by atoms with van der Waals surface area (Å²) in [5.41, 5.74) is 1.18. The smallest absolute Gasteiger partial charge is 0.373 e. The zero-order valence-electron chi connectivity index (χ0n) is 25.7. The second-order valence-corrected chi connectivity index (χ2v) is 11.3. The Balaban J connectivity index is 0.000000754. The van der Waals surface area contributed by atoms with Gasteiger partial charge in [0.05, 0.1) is 11.8 Å². The van der Waals surface area contributed by atoms with Gasteiger partial charge in [0.25, 0.3) is 5.91 Å². The van der Waals surface area contributed by atoms with E-state index in [-0.39, 0.29) is 47.4 Å². The third-order valence-electron chi connectivity index (χ3n) is 7.45. The van der Waals surface area contributed by atoms with Crippen LogP contribution in [0.2, 0.25) is 0 Å². The topological polar surface area (TPSA) is 164 Å². The fourth-order valence-electron chi connectivity index (χ4n) is 5.25. The molecule has 13 heteroatoms. The molecule has 2 aliphatic rings. The SMILES string of the molecule is C=CC(=O)O.COCCCCc1c(C(=O)N(CC(C)C)[C@@H]2CNC[C@H](C(O)C3CC3)C2)nnn1-c1ccccc1F.O=C=O. The number of methoxy groups -OCH3 is 1. The number of para-hydroxylation sites is 1. The Labute approximate surface area is 257 Å². The number of carboxylic acid groups (broad SMARTS) is 1. The summed E-state index contributed by atoms with van der Waals surface area (Å²) in [5.74, 6) is -0.793. The lowest BCUT2D eigenvalue weighted by molar-refractivity contribution is -0.191. The lowest BCUT2D eigenvalue weighted by Gasteiger charge is -2.40. The van der Waals surface area contributed by atoms with E-state index >= 15 is 0 Å². The molecule has 1 saturated carbocycles. The van der Waals surface area contributed by atoms with Crippen molar-refractivity contribution < 1.29 is 38.5 Å². The highest BCUT2D eigenvalue weighted by Crippen LogP contribution is 2.38. The minimum absolute atomic E-state index is 0.0491. The first-order chi connectivity index (χ1) is 21.1. The molecule has 1 aromatic carbocycles. The highest BCUT2D eigenvalue weighted by atomic mass is 19.1. The largest absolute Gasteiger partial charge is 0.478 e. The molecule has 1 amide bonds. The zero-order chi connectivity index (χ0) is 32.6. The number of aromatic nitrogens is 3. The third-order valence-corrected chi connectivity index (χ3v) is 7.45. The monoisotopic (exact) mass is 617 g/mol. The average Bonchev–Trinajstić information content (AvgIpc) is 3.78. The number of rotatable bonds is 13. The van der Waals surface area contributed by atoms with Crippen molar-refractivity contribution in [1.82, 2.24) is 25.2 Å². The first-order valence-corrected chi connectivity index (χ1v) is 14.8. The molecule has 3 atom stereocenters.